The Morgan fingerprint density at radius 3 is 2.24 bits per heavy atom. The number of nitrogens with zero attached hydrogens (tertiary/aromatic N) is 2. The number of aryl methyl sites for hydroxylation is 2. The Morgan fingerprint density at radius 2 is 1.59 bits per heavy atom. The van der Waals surface area contributed by atoms with Crippen molar-refractivity contribution in [1.82, 2.24) is 14.5 Å². The summed E-state index contributed by atoms with van der Waals surface area (Å²) in [6.45, 7) is 1.07. The Balaban J connectivity index is 1.05. The molecule has 1 heterocycles. The molecule has 0 radical (unpaired) electrons. The third kappa shape index (κ3) is 3.87. The van der Waals surface area contributed by atoms with Crippen LogP contribution in [0.4, 0.5) is 0 Å². The molecule has 0 amide bonds. The van der Waals surface area contributed by atoms with E-state index in [2.05, 4.69) is 17.4 Å². The van der Waals surface area contributed by atoms with Crippen molar-refractivity contribution < 1.29 is 9.84 Å². The summed E-state index contributed by atoms with van der Waals surface area (Å²) in [6.07, 6.45) is 7.73. The molecule has 6 nitrogen and oxygen atoms in total. The number of ether oxygens (including phenoxy) is 1. The zero-order valence-corrected chi connectivity index (χ0v) is 20.2. The Bertz CT molecular complexity index is 1220. The second-order valence-corrected chi connectivity index (χ2v) is 11.2. The minimum atomic E-state index is -0.767. The van der Waals surface area contributed by atoms with Gasteiger partial charge in [0.05, 0.1) is 11.0 Å². The van der Waals surface area contributed by atoms with E-state index in [0.717, 1.165) is 46.6 Å². The maximum absolute atomic E-state index is 12.1. The third-order valence-electron chi connectivity index (χ3n) is 8.72. The summed E-state index contributed by atoms with van der Waals surface area (Å²) in [5.74, 6) is 3.61. The molecular weight excluding hydrogens is 426 g/mol. The Hall–Kier alpha value is -2.57. The first-order valence-corrected chi connectivity index (χ1v) is 12.7. The van der Waals surface area contributed by atoms with Crippen molar-refractivity contribution in [2.24, 2.45) is 31.8 Å². The molecule has 34 heavy (non-hydrogen) atoms. The SMILES string of the molecule is Cn1c(=O)n(C)c2cc([C@H](O)COc3ccc(CNC45CC6CC(CC(C6)C4)C5)cc3)ccc21. The van der Waals surface area contributed by atoms with E-state index in [1.807, 2.05) is 30.3 Å². The standard InChI is InChI=1S/C28H35N3O3/c1-30-24-8-5-22(12-25(24)31(2)27(30)33)26(32)17-34-23-6-3-18(4-7-23)16-29-28-13-19-9-20(14-28)11-21(10-19)15-28/h3-8,12,19-21,26,29,32H,9-11,13-17H2,1-2H3/t19?,20?,21?,26-,28?/m1/s1. The lowest BCUT2D eigenvalue weighted by molar-refractivity contribution is -0.0206. The van der Waals surface area contributed by atoms with Gasteiger partial charge in [-0.05, 0) is 91.7 Å². The summed E-state index contributed by atoms with van der Waals surface area (Å²) < 4.78 is 9.10. The number of rotatable bonds is 7. The van der Waals surface area contributed by atoms with Gasteiger partial charge in [-0.1, -0.05) is 18.2 Å². The first-order valence-electron chi connectivity index (χ1n) is 12.7. The summed E-state index contributed by atoms with van der Waals surface area (Å²) in [5.41, 5.74) is 3.97. The summed E-state index contributed by atoms with van der Waals surface area (Å²) in [4.78, 5) is 12.1. The molecule has 0 aliphatic heterocycles. The van der Waals surface area contributed by atoms with Crippen molar-refractivity contribution in [2.45, 2.75) is 56.7 Å². The van der Waals surface area contributed by atoms with Crippen molar-refractivity contribution in [3.63, 3.8) is 0 Å². The largest absolute Gasteiger partial charge is 0.491 e. The molecule has 2 N–H and O–H groups in total. The quantitative estimate of drug-likeness (QED) is 0.557. The van der Waals surface area contributed by atoms with Gasteiger partial charge in [-0.3, -0.25) is 9.13 Å². The topological polar surface area (TPSA) is 68.4 Å². The summed E-state index contributed by atoms with van der Waals surface area (Å²) in [7, 11) is 3.50. The number of fused-ring (bicyclic) bond motifs is 1. The fourth-order valence-corrected chi connectivity index (χ4v) is 7.32. The molecule has 4 bridgehead atoms. The van der Waals surface area contributed by atoms with Crippen LogP contribution >= 0.6 is 0 Å². The number of aromatic nitrogens is 2. The fourth-order valence-electron chi connectivity index (χ4n) is 7.32. The van der Waals surface area contributed by atoms with Gasteiger partial charge in [0, 0.05) is 26.2 Å². The van der Waals surface area contributed by atoms with Gasteiger partial charge in [0.25, 0.3) is 0 Å². The minimum absolute atomic E-state index is 0.0735. The summed E-state index contributed by atoms with van der Waals surface area (Å²) in [6, 6.07) is 13.8. The van der Waals surface area contributed by atoms with Gasteiger partial charge in [0.2, 0.25) is 0 Å². The Morgan fingerprint density at radius 1 is 0.971 bits per heavy atom. The number of aliphatic hydroxyl groups excluding tert-OH is 1. The number of aliphatic hydroxyl groups is 1. The van der Waals surface area contributed by atoms with Crippen LogP contribution in [0.5, 0.6) is 5.75 Å². The van der Waals surface area contributed by atoms with Crippen molar-refractivity contribution in [3.05, 3.63) is 64.1 Å². The highest BCUT2D eigenvalue weighted by Gasteiger charge is 2.50. The van der Waals surface area contributed by atoms with E-state index in [0.29, 0.717) is 5.54 Å². The minimum Gasteiger partial charge on any atom is -0.491 e. The molecule has 0 spiro atoms. The van der Waals surface area contributed by atoms with Gasteiger partial charge in [0.15, 0.2) is 0 Å². The maximum atomic E-state index is 12.1. The number of hydrogen-bond donors (Lipinski definition) is 2. The predicted octanol–water partition coefficient (Wildman–Crippen LogP) is 4.05. The average Bonchev–Trinajstić information content (AvgIpc) is 3.04. The van der Waals surface area contributed by atoms with Crippen LogP contribution < -0.4 is 15.7 Å². The molecule has 6 heteroatoms. The van der Waals surface area contributed by atoms with Crippen LogP contribution in [0.3, 0.4) is 0 Å². The molecule has 4 aliphatic rings. The normalized spacial score (nSPS) is 28.5. The van der Waals surface area contributed by atoms with Gasteiger partial charge in [-0.15, -0.1) is 0 Å². The van der Waals surface area contributed by atoms with Crippen molar-refractivity contribution in [1.29, 1.82) is 0 Å². The molecule has 4 fully saturated rings. The molecule has 4 saturated carbocycles. The Labute approximate surface area is 200 Å². The molecule has 2 aromatic carbocycles. The molecule has 0 saturated heterocycles. The lowest BCUT2D eigenvalue weighted by atomic mass is 9.53. The first-order chi connectivity index (χ1) is 16.4. The third-order valence-corrected chi connectivity index (χ3v) is 8.72. The van der Waals surface area contributed by atoms with E-state index >= 15 is 0 Å². The van der Waals surface area contributed by atoms with E-state index < -0.39 is 6.10 Å². The van der Waals surface area contributed by atoms with Crippen LogP contribution in [-0.4, -0.2) is 26.4 Å². The highest BCUT2D eigenvalue weighted by molar-refractivity contribution is 5.77. The molecule has 180 valence electrons. The van der Waals surface area contributed by atoms with E-state index in [-0.39, 0.29) is 12.3 Å². The lowest BCUT2D eigenvalue weighted by Crippen LogP contribution is -2.58. The van der Waals surface area contributed by atoms with Crippen molar-refractivity contribution in [2.75, 3.05) is 6.61 Å². The molecule has 4 aliphatic carbocycles. The lowest BCUT2D eigenvalue weighted by Gasteiger charge is -2.57. The second-order valence-electron chi connectivity index (χ2n) is 11.2. The Kier molecular flexibility index (Phi) is 5.34. The maximum Gasteiger partial charge on any atom is 0.328 e. The van der Waals surface area contributed by atoms with E-state index in [1.54, 1.807) is 23.2 Å². The molecular formula is C28H35N3O3. The number of hydrogen-bond acceptors (Lipinski definition) is 4. The molecule has 1 atom stereocenters. The monoisotopic (exact) mass is 461 g/mol. The van der Waals surface area contributed by atoms with Gasteiger partial charge >= 0.3 is 5.69 Å². The zero-order valence-electron chi connectivity index (χ0n) is 20.2. The van der Waals surface area contributed by atoms with Crippen LogP contribution in [0.25, 0.3) is 11.0 Å². The fraction of sp³-hybridized carbons (Fsp3) is 0.536. The van der Waals surface area contributed by atoms with E-state index in [9.17, 15) is 9.90 Å². The zero-order chi connectivity index (χ0) is 23.4. The second kappa shape index (κ2) is 8.28. The summed E-state index contributed by atoms with van der Waals surface area (Å²) in [5, 5.41) is 14.6. The molecule has 7 rings (SSSR count). The van der Waals surface area contributed by atoms with Crippen LogP contribution in [0.1, 0.15) is 55.8 Å². The van der Waals surface area contributed by atoms with Gasteiger partial charge in [-0.2, -0.15) is 0 Å². The highest BCUT2D eigenvalue weighted by atomic mass is 16.5. The first kappa shape index (κ1) is 21.9. The smallest absolute Gasteiger partial charge is 0.328 e. The number of imidazole rings is 1. The average molecular weight is 462 g/mol. The van der Waals surface area contributed by atoms with Crippen LogP contribution in [-0.2, 0) is 20.6 Å². The van der Waals surface area contributed by atoms with Crippen LogP contribution in [0.2, 0.25) is 0 Å². The molecule has 1 aromatic heterocycles. The van der Waals surface area contributed by atoms with E-state index in [1.165, 1.54) is 44.1 Å². The molecule has 0 unspecified atom stereocenters. The van der Waals surface area contributed by atoms with Crippen LogP contribution in [0.15, 0.2) is 47.3 Å². The number of benzene rings is 2. The predicted molar refractivity (Wildman–Crippen MR) is 133 cm³/mol. The van der Waals surface area contributed by atoms with E-state index in [4.69, 9.17) is 4.74 Å². The van der Waals surface area contributed by atoms with Crippen molar-refractivity contribution in [3.8, 4) is 5.75 Å². The molecule has 3 aromatic rings. The van der Waals surface area contributed by atoms with Crippen molar-refractivity contribution >= 4 is 11.0 Å². The van der Waals surface area contributed by atoms with Crippen LogP contribution in [0, 0.1) is 17.8 Å². The van der Waals surface area contributed by atoms with Gasteiger partial charge in [-0.25, -0.2) is 4.79 Å². The van der Waals surface area contributed by atoms with Gasteiger partial charge < -0.3 is 15.2 Å². The van der Waals surface area contributed by atoms with Gasteiger partial charge in [0.1, 0.15) is 18.5 Å². The highest BCUT2D eigenvalue weighted by Crippen LogP contribution is 2.55. The number of nitrogens with one attached hydrogen (secondary N) is 1. The summed E-state index contributed by atoms with van der Waals surface area (Å²) >= 11 is 0.